The summed E-state index contributed by atoms with van der Waals surface area (Å²) in [5, 5.41) is 7.40. The fourth-order valence-electron chi connectivity index (χ4n) is 1.64. The van der Waals surface area contributed by atoms with Gasteiger partial charge in [-0.1, -0.05) is 0 Å². The van der Waals surface area contributed by atoms with Crippen molar-refractivity contribution in [3.05, 3.63) is 35.5 Å². The summed E-state index contributed by atoms with van der Waals surface area (Å²) < 4.78 is 2.94. The molecule has 3 aromatic rings. The molecule has 0 saturated heterocycles. The third-order valence-corrected chi connectivity index (χ3v) is 3.39. The lowest BCUT2D eigenvalue weighted by molar-refractivity contribution is 0.861. The van der Waals surface area contributed by atoms with Gasteiger partial charge in [-0.05, 0) is 24.4 Å². The maximum absolute atomic E-state index is 5.74. The Hall–Kier alpha value is -1.88. The number of hydrogen-bond donors (Lipinski definition) is 1. The van der Waals surface area contributed by atoms with Gasteiger partial charge in [-0.25, -0.2) is 9.67 Å². The SMILES string of the molecule is Cc1cn(-c2nccc3sccc23)nc1N. The molecule has 0 unspecified atom stereocenters. The van der Waals surface area contributed by atoms with Crippen LogP contribution < -0.4 is 5.73 Å². The molecule has 2 N–H and O–H groups in total. The lowest BCUT2D eigenvalue weighted by Crippen LogP contribution is -1.99. The van der Waals surface area contributed by atoms with Crippen molar-refractivity contribution >= 4 is 27.2 Å². The molecule has 5 heteroatoms. The van der Waals surface area contributed by atoms with Crippen LogP contribution in [0, 0.1) is 6.92 Å². The molecule has 4 nitrogen and oxygen atoms in total. The Morgan fingerprint density at radius 2 is 2.25 bits per heavy atom. The number of nitrogen functional groups attached to an aromatic ring is 1. The van der Waals surface area contributed by atoms with E-state index in [0.717, 1.165) is 16.8 Å². The highest BCUT2D eigenvalue weighted by molar-refractivity contribution is 7.17. The molecular formula is C11H10N4S. The zero-order valence-electron chi connectivity index (χ0n) is 8.71. The van der Waals surface area contributed by atoms with Gasteiger partial charge >= 0.3 is 0 Å². The van der Waals surface area contributed by atoms with E-state index in [2.05, 4.69) is 21.5 Å². The molecule has 3 aromatic heterocycles. The molecule has 80 valence electrons. The zero-order chi connectivity index (χ0) is 11.1. The predicted molar refractivity (Wildman–Crippen MR) is 65.9 cm³/mol. The highest BCUT2D eigenvalue weighted by Gasteiger charge is 2.08. The van der Waals surface area contributed by atoms with Crippen LogP contribution in [0.15, 0.2) is 29.9 Å². The molecule has 0 radical (unpaired) electrons. The Labute approximate surface area is 96.3 Å². The summed E-state index contributed by atoms with van der Waals surface area (Å²) in [4.78, 5) is 4.36. The molecule has 0 bridgehead atoms. The molecular weight excluding hydrogens is 220 g/mol. The maximum Gasteiger partial charge on any atom is 0.162 e. The van der Waals surface area contributed by atoms with E-state index in [4.69, 9.17) is 5.73 Å². The van der Waals surface area contributed by atoms with Crippen molar-refractivity contribution in [1.82, 2.24) is 14.8 Å². The Balaban J connectivity index is 2.29. The first kappa shape index (κ1) is 9.35. The number of aryl methyl sites for hydroxylation is 1. The van der Waals surface area contributed by atoms with Crippen LogP contribution in [0.4, 0.5) is 5.82 Å². The Kier molecular flexibility index (Phi) is 1.94. The van der Waals surface area contributed by atoms with E-state index in [1.54, 1.807) is 22.2 Å². The Bertz CT molecular complexity index is 633. The van der Waals surface area contributed by atoms with Crippen molar-refractivity contribution in [1.29, 1.82) is 0 Å². The molecule has 0 amide bonds. The predicted octanol–water partition coefficient (Wildman–Crippen LogP) is 2.37. The van der Waals surface area contributed by atoms with Crippen LogP contribution in [0.2, 0.25) is 0 Å². The van der Waals surface area contributed by atoms with Crippen LogP contribution in [0.5, 0.6) is 0 Å². The fraction of sp³-hybridized carbons (Fsp3) is 0.0909. The molecule has 0 aliphatic heterocycles. The largest absolute Gasteiger partial charge is 0.382 e. The molecule has 16 heavy (non-hydrogen) atoms. The first-order valence-corrected chi connectivity index (χ1v) is 5.78. The van der Waals surface area contributed by atoms with Crippen LogP contribution in [-0.4, -0.2) is 14.8 Å². The summed E-state index contributed by atoms with van der Waals surface area (Å²) in [6.07, 6.45) is 3.69. The molecule has 0 atom stereocenters. The first-order valence-electron chi connectivity index (χ1n) is 4.90. The summed E-state index contributed by atoms with van der Waals surface area (Å²) in [6.45, 7) is 1.94. The highest BCUT2D eigenvalue weighted by Crippen LogP contribution is 2.25. The quantitative estimate of drug-likeness (QED) is 0.698. The van der Waals surface area contributed by atoms with Gasteiger partial charge in [0, 0.05) is 28.0 Å². The number of anilines is 1. The van der Waals surface area contributed by atoms with E-state index in [1.165, 1.54) is 4.70 Å². The van der Waals surface area contributed by atoms with Crippen molar-refractivity contribution in [2.45, 2.75) is 6.92 Å². The minimum atomic E-state index is 0.550. The summed E-state index contributed by atoms with van der Waals surface area (Å²) >= 11 is 1.69. The third kappa shape index (κ3) is 1.29. The van der Waals surface area contributed by atoms with Crippen LogP contribution in [-0.2, 0) is 0 Å². The molecule has 0 spiro atoms. The average molecular weight is 230 g/mol. The minimum Gasteiger partial charge on any atom is -0.382 e. The van der Waals surface area contributed by atoms with Crippen LogP contribution in [0.1, 0.15) is 5.56 Å². The van der Waals surface area contributed by atoms with Gasteiger partial charge in [0.1, 0.15) is 5.82 Å². The summed E-state index contributed by atoms with van der Waals surface area (Å²) in [7, 11) is 0. The van der Waals surface area contributed by atoms with Gasteiger partial charge in [0.05, 0.1) is 0 Å². The molecule has 0 fully saturated rings. The van der Waals surface area contributed by atoms with Crippen LogP contribution in [0.3, 0.4) is 0 Å². The van der Waals surface area contributed by atoms with Crippen molar-refractivity contribution in [2.75, 3.05) is 5.73 Å². The van der Waals surface area contributed by atoms with E-state index >= 15 is 0 Å². The van der Waals surface area contributed by atoms with Crippen molar-refractivity contribution in [3.63, 3.8) is 0 Å². The molecule has 3 rings (SSSR count). The summed E-state index contributed by atoms with van der Waals surface area (Å²) in [5.41, 5.74) is 6.71. The van der Waals surface area contributed by atoms with Crippen LogP contribution >= 0.6 is 11.3 Å². The summed E-state index contributed by atoms with van der Waals surface area (Å²) in [5.74, 6) is 1.38. The lowest BCUT2D eigenvalue weighted by Gasteiger charge is -2.00. The van der Waals surface area contributed by atoms with Gasteiger partial charge in [0.2, 0.25) is 0 Å². The first-order chi connectivity index (χ1) is 7.75. The van der Waals surface area contributed by atoms with Crippen LogP contribution in [0.25, 0.3) is 15.9 Å². The number of nitrogens with two attached hydrogens (primary N) is 1. The molecule has 0 aromatic carbocycles. The zero-order valence-corrected chi connectivity index (χ0v) is 9.53. The molecule has 0 aliphatic carbocycles. The van der Waals surface area contributed by atoms with E-state index < -0.39 is 0 Å². The van der Waals surface area contributed by atoms with Gasteiger partial charge in [-0.2, -0.15) is 0 Å². The second-order valence-electron chi connectivity index (χ2n) is 3.61. The average Bonchev–Trinajstić information content (AvgIpc) is 2.85. The van der Waals surface area contributed by atoms with E-state index in [1.807, 2.05) is 19.2 Å². The van der Waals surface area contributed by atoms with E-state index in [9.17, 15) is 0 Å². The standard InChI is InChI=1S/C11H10N4S/c1-7-6-15(14-10(7)12)11-8-3-5-16-9(8)2-4-13-11/h2-6H,1H3,(H2,12,14). The molecule has 3 heterocycles. The second kappa shape index (κ2) is 3.31. The Morgan fingerprint density at radius 3 is 3.00 bits per heavy atom. The number of fused-ring (bicyclic) bond motifs is 1. The fourth-order valence-corrected chi connectivity index (χ4v) is 2.42. The van der Waals surface area contributed by atoms with Gasteiger partial charge < -0.3 is 5.73 Å². The third-order valence-electron chi connectivity index (χ3n) is 2.51. The van der Waals surface area contributed by atoms with E-state index in [0.29, 0.717) is 5.82 Å². The number of thiophene rings is 1. The topological polar surface area (TPSA) is 56.7 Å². The van der Waals surface area contributed by atoms with Gasteiger partial charge in [0.25, 0.3) is 0 Å². The number of pyridine rings is 1. The molecule has 0 aliphatic rings. The molecule has 0 saturated carbocycles. The smallest absolute Gasteiger partial charge is 0.162 e. The van der Waals surface area contributed by atoms with Gasteiger partial charge in [-0.3, -0.25) is 0 Å². The lowest BCUT2D eigenvalue weighted by atomic mass is 10.3. The number of nitrogens with zero attached hydrogens (tertiary/aromatic N) is 3. The number of rotatable bonds is 1. The highest BCUT2D eigenvalue weighted by atomic mass is 32.1. The summed E-state index contributed by atoms with van der Waals surface area (Å²) in [6, 6.07) is 4.05. The van der Waals surface area contributed by atoms with Crippen molar-refractivity contribution < 1.29 is 0 Å². The van der Waals surface area contributed by atoms with Gasteiger partial charge in [0.15, 0.2) is 5.82 Å². The number of hydrogen-bond acceptors (Lipinski definition) is 4. The van der Waals surface area contributed by atoms with E-state index in [-0.39, 0.29) is 0 Å². The number of aromatic nitrogens is 3. The van der Waals surface area contributed by atoms with Crippen molar-refractivity contribution in [3.8, 4) is 5.82 Å². The second-order valence-corrected chi connectivity index (χ2v) is 4.56. The Morgan fingerprint density at radius 1 is 1.38 bits per heavy atom. The monoisotopic (exact) mass is 230 g/mol. The van der Waals surface area contributed by atoms with Crippen molar-refractivity contribution in [2.24, 2.45) is 0 Å². The van der Waals surface area contributed by atoms with Gasteiger partial charge in [-0.15, -0.1) is 16.4 Å². The minimum absolute atomic E-state index is 0.550. The maximum atomic E-state index is 5.74. The normalized spacial score (nSPS) is 11.1.